The van der Waals surface area contributed by atoms with Gasteiger partial charge in [0.25, 0.3) is 0 Å². The van der Waals surface area contributed by atoms with Crippen LogP contribution in [0, 0.1) is 5.92 Å². The van der Waals surface area contributed by atoms with E-state index in [0.717, 1.165) is 67.1 Å². The quantitative estimate of drug-likeness (QED) is 0.565. The Kier molecular flexibility index (Phi) is 8.08. The van der Waals surface area contributed by atoms with Crippen LogP contribution in [0.5, 0.6) is 0 Å². The average molecular weight is 494 g/mol. The number of aromatic nitrogens is 2. The number of aliphatic imine (C=N–C) groups is 1. The summed E-state index contributed by atoms with van der Waals surface area (Å²) in [6.07, 6.45) is 9.37. The third kappa shape index (κ3) is 6.51. The van der Waals surface area contributed by atoms with Gasteiger partial charge in [0.15, 0.2) is 0 Å². The van der Waals surface area contributed by atoms with Crippen LogP contribution in [0.15, 0.2) is 35.6 Å². The molecular weight excluding hydrogens is 454 g/mol. The molecule has 194 valence electrons. The van der Waals surface area contributed by atoms with Gasteiger partial charge in [-0.1, -0.05) is 0 Å². The number of amides is 1. The van der Waals surface area contributed by atoms with Gasteiger partial charge in [0, 0.05) is 49.9 Å². The molecule has 1 saturated heterocycles. The Bertz CT molecular complexity index is 1110. The summed E-state index contributed by atoms with van der Waals surface area (Å²) >= 11 is 0. The van der Waals surface area contributed by atoms with E-state index in [0.29, 0.717) is 24.8 Å². The molecule has 0 radical (unpaired) electrons. The summed E-state index contributed by atoms with van der Waals surface area (Å²) in [6, 6.07) is 6.44. The Labute approximate surface area is 213 Å². The zero-order valence-corrected chi connectivity index (χ0v) is 21.7. The first-order valence-corrected chi connectivity index (χ1v) is 12.9. The van der Waals surface area contributed by atoms with Crippen LogP contribution in [0.25, 0.3) is 16.6 Å². The van der Waals surface area contributed by atoms with E-state index in [1.165, 1.54) is 6.42 Å². The van der Waals surface area contributed by atoms with Crippen molar-refractivity contribution >= 4 is 34.6 Å². The highest BCUT2D eigenvalue weighted by Gasteiger charge is 2.28. The van der Waals surface area contributed by atoms with Crippen molar-refractivity contribution in [1.82, 2.24) is 14.9 Å². The van der Waals surface area contributed by atoms with Crippen molar-refractivity contribution in [2.24, 2.45) is 22.4 Å². The van der Waals surface area contributed by atoms with Gasteiger partial charge in [-0.15, -0.1) is 0 Å². The summed E-state index contributed by atoms with van der Waals surface area (Å²) < 4.78 is 5.51. The molecule has 2 aromatic rings. The van der Waals surface area contributed by atoms with Gasteiger partial charge in [-0.2, -0.15) is 0 Å². The summed E-state index contributed by atoms with van der Waals surface area (Å²) in [5.74, 6) is 0.742. The Balaban J connectivity index is 1.39. The summed E-state index contributed by atoms with van der Waals surface area (Å²) in [4.78, 5) is 30.6. The lowest BCUT2D eigenvalue weighted by atomic mass is 9.78. The SMILES string of the molecule is CC(C)(C)OC(=O)N1CCN(c2ccc3ncc(C(C=NC4CC(CCCN)C4)=CN)nc3c2)CC1. The molecule has 0 bridgehead atoms. The average Bonchev–Trinajstić information content (AvgIpc) is 2.83. The Morgan fingerprint density at radius 2 is 1.94 bits per heavy atom. The number of carbonyl (C=O) groups excluding carboxylic acids is 1. The van der Waals surface area contributed by atoms with Gasteiger partial charge in [-0.3, -0.25) is 9.98 Å². The second-order valence-corrected chi connectivity index (χ2v) is 10.7. The van der Waals surface area contributed by atoms with E-state index in [9.17, 15) is 4.79 Å². The molecule has 1 aromatic carbocycles. The summed E-state index contributed by atoms with van der Waals surface area (Å²) in [5, 5.41) is 0. The molecule has 2 heterocycles. The predicted molar refractivity (Wildman–Crippen MR) is 145 cm³/mol. The van der Waals surface area contributed by atoms with E-state index in [1.807, 2.05) is 39.1 Å². The molecule has 4 rings (SSSR count). The molecule has 1 aromatic heterocycles. The van der Waals surface area contributed by atoms with Gasteiger partial charge in [0.05, 0.1) is 29.0 Å². The Hall–Kier alpha value is -3.20. The maximum Gasteiger partial charge on any atom is 0.410 e. The van der Waals surface area contributed by atoms with Gasteiger partial charge in [-0.05, 0) is 77.1 Å². The van der Waals surface area contributed by atoms with Gasteiger partial charge in [-0.25, -0.2) is 9.78 Å². The molecule has 1 saturated carbocycles. The lowest BCUT2D eigenvalue weighted by Gasteiger charge is -2.36. The van der Waals surface area contributed by atoms with E-state index in [1.54, 1.807) is 17.3 Å². The van der Waals surface area contributed by atoms with Crippen molar-refractivity contribution in [3.63, 3.8) is 0 Å². The fourth-order valence-corrected chi connectivity index (χ4v) is 4.65. The van der Waals surface area contributed by atoms with Gasteiger partial charge >= 0.3 is 6.09 Å². The number of nitrogens with zero attached hydrogens (tertiary/aromatic N) is 5. The molecule has 9 heteroatoms. The fourth-order valence-electron chi connectivity index (χ4n) is 4.65. The number of carbonyl (C=O) groups is 1. The standard InChI is InChI=1S/C27H39N7O2/c1-27(2,3)36-26(35)34-11-9-33(10-12-34)22-6-7-23-24(15-22)32-25(18-31-23)20(16-29)17-30-21-13-19(14-21)5-4-8-28/h6-7,15-19,21H,4-5,8-14,28-29H2,1-3H3. The second-order valence-electron chi connectivity index (χ2n) is 10.7. The molecule has 1 amide bonds. The number of ether oxygens (including phenoxy) is 1. The number of rotatable bonds is 7. The number of allylic oxidation sites excluding steroid dienone is 1. The van der Waals surface area contributed by atoms with Crippen molar-refractivity contribution in [2.75, 3.05) is 37.6 Å². The maximum atomic E-state index is 12.4. The first-order chi connectivity index (χ1) is 17.3. The highest BCUT2D eigenvalue weighted by atomic mass is 16.6. The number of benzene rings is 1. The van der Waals surface area contributed by atoms with Crippen LogP contribution >= 0.6 is 0 Å². The molecular formula is C27H39N7O2. The van der Waals surface area contributed by atoms with Crippen LogP contribution in [0.3, 0.4) is 0 Å². The molecule has 0 spiro atoms. The largest absolute Gasteiger partial charge is 0.444 e. The van der Waals surface area contributed by atoms with E-state index in [2.05, 4.69) is 16.0 Å². The lowest BCUT2D eigenvalue weighted by molar-refractivity contribution is 0.0240. The molecule has 1 aliphatic heterocycles. The third-order valence-electron chi connectivity index (χ3n) is 6.75. The van der Waals surface area contributed by atoms with Crippen LogP contribution in [0.2, 0.25) is 0 Å². The number of hydrogen-bond donors (Lipinski definition) is 2. The minimum atomic E-state index is -0.491. The second kappa shape index (κ2) is 11.2. The number of nitrogens with two attached hydrogens (primary N) is 2. The minimum absolute atomic E-state index is 0.257. The molecule has 0 unspecified atom stereocenters. The van der Waals surface area contributed by atoms with Crippen LogP contribution in [0.4, 0.5) is 10.5 Å². The minimum Gasteiger partial charge on any atom is -0.444 e. The van der Waals surface area contributed by atoms with Crippen LogP contribution < -0.4 is 16.4 Å². The van der Waals surface area contributed by atoms with E-state index in [-0.39, 0.29) is 6.09 Å². The predicted octanol–water partition coefficient (Wildman–Crippen LogP) is 3.57. The van der Waals surface area contributed by atoms with E-state index in [4.69, 9.17) is 26.2 Å². The fraction of sp³-hybridized carbons (Fsp3) is 0.556. The highest BCUT2D eigenvalue weighted by molar-refractivity contribution is 6.09. The molecule has 36 heavy (non-hydrogen) atoms. The van der Waals surface area contributed by atoms with Crippen LogP contribution in [-0.2, 0) is 4.74 Å². The molecule has 1 aliphatic carbocycles. The number of fused-ring (bicyclic) bond motifs is 1. The summed E-state index contributed by atoms with van der Waals surface area (Å²) in [5.41, 5.74) is 15.2. The zero-order valence-electron chi connectivity index (χ0n) is 21.7. The lowest BCUT2D eigenvalue weighted by Crippen LogP contribution is -2.50. The first-order valence-electron chi connectivity index (χ1n) is 12.9. The smallest absolute Gasteiger partial charge is 0.410 e. The van der Waals surface area contributed by atoms with E-state index < -0.39 is 5.60 Å². The number of piperazine rings is 1. The molecule has 0 atom stereocenters. The highest BCUT2D eigenvalue weighted by Crippen LogP contribution is 2.33. The number of anilines is 1. The normalized spacial score (nSPS) is 21.2. The van der Waals surface area contributed by atoms with Gasteiger partial charge in [0.1, 0.15) is 5.60 Å². The molecule has 9 nitrogen and oxygen atoms in total. The van der Waals surface area contributed by atoms with Crippen LogP contribution in [-0.4, -0.2) is 71.5 Å². The molecule has 2 fully saturated rings. The molecule has 2 aliphatic rings. The Morgan fingerprint density at radius 3 is 2.61 bits per heavy atom. The van der Waals surface area contributed by atoms with Crippen LogP contribution in [0.1, 0.15) is 52.1 Å². The summed E-state index contributed by atoms with van der Waals surface area (Å²) in [7, 11) is 0. The topological polar surface area (TPSA) is 123 Å². The monoisotopic (exact) mass is 493 g/mol. The Morgan fingerprint density at radius 1 is 1.19 bits per heavy atom. The van der Waals surface area contributed by atoms with Crippen molar-refractivity contribution in [1.29, 1.82) is 0 Å². The number of hydrogen-bond acceptors (Lipinski definition) is 8. The van der Waals surface area contributed by atoms with Crippen molar-refractivity contribution in [2.45, 2.75) is 58.1 Å². The van der Waals surface area contributed by atoms with Crippen molar-refractivity contribution in [3.8, 4) is 0 Å². The van der Waals surface area contributed by atoms with Gasteiger partial charge in [0.2, 0.25) is 0 Å². The van der Waals surface area contributed by atoms with E-state index >= 15 is 0 Å². The molecule has 4 N–H and O–H groups in total. The van der Waals surface area contributed by atoms with Gasteiger partial charge < -0.3 is 26.0 Å². The summed E-state index contributed by atoms with van der Waals surface area (Å²) in [6.45, 7) is 9.10. The van der Waals surface area contributed by atoms with Crippen molar-refractivity contribution in [3.05, 3.63) is 36.3 Å². The first kappa shape index (κ1) is 25.9. The van der Waals surface area contributed by atoms with Crippen molar-refractivity contribution < 1.29 is 9.53 Å². The zero-order chi connectivity index (χ0) is 25.7. The maximum absolute atomic E-state index is 12.4. The third-order valence-corrected chi connectivity index (χ3v) is 6.75.